The molecule has 0 saturated carbocycles. The monoisotopic (exact) mass is 475 g/mol. The Bertz CT molecular complexity index is 859. The second-order valence-corrected chi connectivity index (χ2v) is 10.1. The number of allylic oxidation sites excluding steroid dienone is 6. The highest BCUT2D eigenvalue weighted by molar-refractivity contribution is 5.43. The van der Waals surface area contributed by atoms with Crippen LogP contribution in [0.15, 0.2) is 47.6 Å². The molecule has 0 saturated heterocycles. The SMILES string of the molecule is CC.C\C=C/C(CCCCCc1ccc2c(c1CCC)CC(C#N)CC2)=C(\C=C\C(C)C)CCC. The summed E-state index contributed by atoms with van der Waals surface area (Å²) in [6, 6.07) is 7.30. The largest absolute Gasteiger partial charge is 0.198 e. The van der Waals surface area contributed by atoms with Gasteiger partial charge in [0.05, 0.1) is 12.0 Å². The molecule has 194 valence electrons. The minimum atomic E-state index is 0.210. The molecule has 0 heterocycles. The number of nitrogens with zero attached hydrogens (tertiary/aromatic N) is 1. The summed E-state index contributed by atoms with van der Waals surface area (Å²) in [5, 5.41) is 9.46. The Morgan fingerprint density at radius 2 is 1.74 bits per heavy atom. The molecule has 0 fully saturated rings. The van der Waals surface area contributed by atoms with Gasteiger partial charge in [0.15, 0.2) is 0 Å². The van der Waals surface area contributed by atoms with Gasteiger partial charge in [-0.05, 0) is 104 Å². The van der Waals surface area contributed by atoms with Crippen molar-refractivity contribution < 1.29 is 0 Å². The highest BCUT2D eigenvalue weighted by Crippen LogP contribution is 2.32. The summed E-state index contributed by atoms with van der Waals surface area (Å²) in [6.45, 7) is 15.2. The van der Waals surface area contributed by atoms with Gasteiger partial charge >= 0.3 is 0 Å². The molecule has 0 spiro atoms. The molecule has 0 radical (unpaired) electrons. The Morgan fingerprint density at radius 1 is 1.00 bits per heavy atom. The molecule has 1 aliphatic rings. The summed E-state index contributed by atoms with van der Waals surface area (Å²) in [7, 11) is 0. The van der Waals surface area contributed by atoms with Gasteiger partial charge in [-0.2, -0.15) is 5.26 Å². The van der Waals surface area contributed by atoms with Crippen LogP contribution in [0.1, 0.15) is 122 Å². The van der Waals surface area contributed by atoms with E-state index in [1.165, 1.54) is 73.6 Å². The van der Waals surface area contributed by atoms with Crippen molar-refractivity contribution in [3.63, 3.8) is 0 Å². The maximum absolute atomic E-state index is 9.46. The topological polar surface area (TPSA) is 23.8 Å². The third kappa shape index (κ3) is 10.6. The molecule has 0 aromatic heterocycles. The van der Waals surface area contributed by atoms with Gasteiger partial charge in [0.2, 0.25) is 0 Å². The molecule has 1 heteroatoms. The van der Waals surface area contributed by atoms with Crippen molar-refractivity contribution in [3.8, 4) is 6.07 Å². The van der Waals surface area contributed by atoms with Crippen molar-refractivity contribution in [2.24, 2.45) is 11.8 Å². The van der Waals surface area contributed by atoms with Crippen LogP contribution in [0.2, 0.25) is 0 Å². The van der Waals surface area contributed by atoms with Crippen molar-refractivity contribution in [3.05, 3.63) is 69.8 Å². The summed E-state index contributed by atoms with van der Waals surface area (Å²) >= 11 is 0. The molecular formula is C34H53N. The fraction of sp³-hybridized carbons (Fsp3) is 0.618. The Balaban J connectivity index is 0.00000298. The maximum atomic E-state index is 9.46. The zero-order valence-electron chi connectivity index (χ0n) is 24.1. The molecule has 1 aliphatic carbocycles. The molecule has 35 heavy (non-hydrogen) atoms. The highest BCUT2D eigenvalue weighted by Gasteiger charge is 2.22. The molecule has 1 nitrogen and oxygen atoms in total. The summed E-state index contributed by atoms with van der Waals surface area (Å²) < 4.78 is 0. The van der Waals surface area contributed by atoms with Gasteiger partial charge in [0.1, 0.15) is 0 Å². The van der Waals surface area contributed by atoms with E-state index in [0.29, 0.717) is 5.92 Å². The predicted molar refractivity (Wildman–Crippen MR) is 156 cm³/mol. The number of aryl methyl sites for hydroxylation is 2. The van der Waals surface area contributed by atoms with Gasteiger partial charge in [-0.15, -0.1) is 0 Å². The van der Waals surface area contributed by atoms with E-state index in [0.717, 1.165) is 25.7 Å². The lowest BCUT2D eigenvalue weighted by Gasteiger charge is -2.25. The Kier molecular flexibility index (Phi) is 16.1. The quantitative estimate of drug-likeness (QED) is 0.205. The molecule has 1 aromatic rings. The van der Waals surface area contributed by atoms with Gasteiger partial charge in [-0.3, -0.25) is 0 Å². The average molecular weight is 476 g/mol. The average Bonchev–Trinajstić information content (AvgIpc) is 2.87. The van der Waals surface area contributed by atoms with E-state index in [4.69, 9.17) is 0 Å². The first kappa shape index (κ1) is 31.0. The molecular weight excluding hydrogens is 422 g/mol. The normalized spacial score (nSPS) is 16.1. The smallest absolute Gasteiger partial charge is 0.0659 e. The van der Waals surface area contributed by atoms with E-state index in [1.54, 1.807) is 11.1 Å². The third-order valence-electron chi connectivity index (χ3n) is 6.89. The van der Waals surface area contributed by atoms with Crippen LogP contribution in [-0.4, -0.2) is 0 Å². The number of unbranched alkanes of at least 4 members (excludes halogenated alkanes) is 2. The summed E-state index contributed by atoms with van der Waals surface area (Å²) in [5.41, 5.74) is 9.20. The number of rotatable bonds is 13. The van der Waals surface area contributed by atoms with E-state index in [-0.39, 0.29) is 5.92 Å². The van der Waals surface area contributed by atoms with E-state index < -0.39 is 0 Å². The van der Waals surface area contributed by atoms with Crippen molar-refractivity contribution in [2.45, 2.75) is 126 Å². The summed E-state index contributed by atoms with van der Waals surface area (Å²) in [5.74, 6) is 0.809. The van der Waals surface area contributed by atoms with Crippen LogP contribution in [-0.2, 0) is 25.7 Å². The lowest BCUT2D eigenvalue weighted by atomic mass is 9.79. The van der Waals surface area contributed by atoms with Gasteiger partial charge < -0.3 is 0 Å². The second kappa shape index (κ2) is 18.2. The molecule has 0 bridgehead atoms. The van der Waals surface area contributed by atoms with E-state index in [1.807, 2.05) is 13.8 Å². The van der Waals surface area contributed by atoms with Gasteiger partial charge in [0.25, 0.3) is 0 Å². The van der Waals surface area contributed by atoms with Gasteiger partial charge in [0, 0.05) is 0 Å². The molecule has 0 aliphatic heterocycles. The Morgan fingerprint density at radius 3 is 2.37 bits per heavy atom. The number of benzene rings is 1. The van der Waals surface area contributed by atoms with Crippen LogP contribution in [0.5, 0.6) is 0 Å². The minimum Gasteiger partial charge on any atom is -0.198 e. The van der Waals surface area contributed by atoms with Gasteiger partial charge in [-0.1, -0.05) is 97.2 Å². The zero-order valence-corrected chi connectivity index (χ0v) is 24.1. The zero-order chi connectivity index (χ0) is 26.1. The summed E-state index contributed by atoms with van der Waals surface area (Å²) in [4.78, 5) is 0. The van der Waals surface area contributed by atoms with E-state index >= 15 is 0 Å². The molecule has 2 rings (SSSR count). The minimum absolute atomic E-state index is 0.210. The highest BCUT2D eigenvalue weighted by atomic mass is 14.3. The molecule has 1 atom stereocenters. The van der Waals surface area contributed by atoms with Crippen LogP contribution >= 0.6 is 0 Å². The van der Waals surface area contributed by atoms with Crippen molar-refractivity contribution in [2.75, 3.05) is 0 Å². The van der Waals surface area contributed by atoms with Crippen LogP contribution in [0.3, 0.4) is 0 Å². The van der Waals surface area contributed by atoms with Crippen LogP contribution in [0.4, 0.5) is 0 Å². The van der Waals surface area contributed by atoms with Gasteiger partial charge in [-0.25, -0.2) is 0 Å². The Labute approximate surface area is 218 Å². The second-order valence-electron chi connectivity index (χ2n) is 10.1. The number of hydrogen-bond donors (Lipinski definition) is 0. The first-order valence-corrected chi connectivity index (χ1v) is 14.6. The van der Waals surface area contributed by atoms with E-state index in [9.17, 15) is 5.26 Å². The summed E-state index contributed by atoms with van der Waals surface area (Å²) in [6.07, 6.45) is 23.2. The fourth-order valence-corrected chi connectivity index (χ4v) is 5.15. The van der Waals surface area contributed by atoms with Crippen LogP contribution in [0.25, 0.3) is 0 Å². The lowest BCUT2D eigenvalue weighted by molar-refractivity contribution is 0.558. The molecule has 0 amide bonds. The Hall–Kier alpha value is -2.07. The first-order chi connectivity index (χ1) is 17.0. The van der Waals surface area contributed by atoms with E-state index in [2.05, 4.69) is 77.1 Å². The van der Waals surface area contributed by atoms with Crippen molar-refractivity contribution >= 4 is 0 Å². The van der Waals surface area contributed by atoms with Crippen molar-refractivity contribution in [1.82, 2.24) is 0 Å². The van der Waals surface area contributed by atoms with Crippen LogP contribution < -0.4 is 0 Å². The lowest BCUT2D eigenvalue weighted by Crippen LogP contribution is -2.16. The molecule has 0 N–H and O–H groups in total. The third-order valence-corrected chi connectivity index (χ3v) is 6.89. The fourth-order valence-electron chi connectivity index (χ4n) is 5.15. The first-order valence-electron chi connectivity index (χ1n) is 14.6. The molecule has 1 unspecified atom stereocenters. The number of hydrogen-bond acceptors (Lipinski definition) is 1. The number of nitriles is 1. The standard InChI is InChI=1S/C32H47N.C2H6/c1-6-12-27(28(13-7-2)19-17-25(4)5)15-10-9-11-16-29-21-22-30-20-18-26(24-33)23-32(30)31(29)14-8-3;1-2/h6,12,17,19,21-22,25-26H,7-11,13-16,18,20,23H2,1-5H3;1-2H3/b12-6-,19-17+,28-27+;. The maximum Gasteiger partial charge on any atom is 0.0659 e. The molecule has 1 aromatic carbocycles. The number of fused-ring (bicyclic) bond motifs is 1. The predicted octanol–water partition coefficient (Wildman–Crippen LogP) is 10.3. The van der Waals surface area contributed by atoms with Crippen LogP contribution in [0, 0.1) is 23.2 Å². The van der Waals surface area contributed by atoms with Crippen molar-refractivity contribution in [1.29, 1.82) is 5.26 Å².